The van der Waals surface area contributed by atoms with E-state index in [2.05, 4.69) is 27.5 Å². The van der Waals surface area contributed by atoms with E-state index in [4.69, 9.17) is 0 Å². The van der Waals surface area contributed by atoms with E-state index in [9.17, 15) is 4.79 Å². The molecule has 1 aliphatic rings. The highest BCUT2D eigenvalue weighted by atomic mass is 16.2. The van der Waals surface area contributed by atoms with Crippen LogP contribution < -0.4 is 10.6 Å². The SMILES string of the molecule is CCNC(=NCCc1ccccn1)NC1CCN(C(=O)CC)C1. The molecule has 1 aliphatic heterocycles. The molecule has 1 aromatic rings. The van der Waals surface area contributed by atoms with E-state index in [1.54, 1.807) is 6.20 Å². The molecule has 6 heteroatoms. The third kappa shape index (κ3) is 5.54. The van der Waals surface area contributed by atoms with E-state index in [0.29, 0.717) is 13.0 Å². The topological polar surface area (TPSA) is 69.6 Å². The number of hydrogen-bond donors (Lipinski definition) is 2. The van der Waals surface area contributed by atoms with Crippen molar-refractivity contribution in [1.82, 2.24) is 20.5 Å². The van der Waals surface area contributed by atoms with Crippen LogP contribution in [0.4, 0.5) is 0 Å². The van der Waals surface area contributed by atoms with E-state index in [1.807, 2.05) is 30.0 Å². The molecule has 0 aromatic carbocycles. The van der Waals surface area contributed by atoms with Crippen molar-refractivity contribution in [3.05, 3.63) is 30.1 Å². The van der Waals surface area contributed by atoms with E-state index in [1.165, 1.54) is 0 Å². The molecule has 1 aromatic heterocycles. The van der Waals surface area contributed by atoms with Crippen molar-refractivity contribution in [3.8, 4) is 0 Å². The number of amides is 1. The normalized spacial score (nSPS) is 18.1. The number of nitrogens with one attached hydrogen (secondary N) is 2. The van der Waals surface area contributed by atoms with Gasteiger partial charge in [-0.2, -0.15) is 0 Å². The molecule has 0 aliphatic carbocycles. The molecule has 6 nitrogen and oxygen atoms in total. The Bertz CT molecular complexity index is 517. The maximum absolute atomic E-state index is 11.7. The summed E-state index contributed by atoms with van der Waals surface area (Å²) in [5, 5.41) is 6.71. The number of nitrogens with zero attached hydrogens (tertiary/aromatic N) is 3. The second-order valence-corrected chi connectivity index (χ2v) is 5.65. The number of carbonyl (C=O) groups is 1. The lowest BCUT2D eigenvalue weighted by Crippen LogP contribution is -2.45. The highest BCUT2D eigenvalue weighted by molar-refractivity contribution is 5.80. The first-order chi connectivity index (χ1) is 11.2. The van der Waals surface area contributed by atoms with Gasteiger partial charge in [0, 0.05) is 57.0 Å². The minimum absolute atomic E-state index is 0.228. The molecule has 0 spiro atoms. The third-order valence-electron chi connectivity index (χ3n) is 3.89. The van der Waals surface area contributed by atoms with Crippen LogP contribution in [0, 0.1) is 0 Å². The van der Waals surface area contributed by atoms with Crippen LogP contribution in [0.3, 0.4) is 0 Å². The zero-order valence-corrected chi connectivity index (χ0v) is 14.1. The second kappa shape index (κ2) is 9.12. The first-order valence-corrected chi connectivity index (χ1v) is 8.45. The fourth-order valence-corrected chi connectivity index (χ4v) is 2.67. The van der Waals surface area contributed by atoms with E-state index >= 15 is 0 Å². The number of carbonyl (C=O) groups excluding carboxylic acids is 1. The zero-order chi connectivity index (χ0) is 16.5. The van der Waals surface area contributed by atoms with Crippen molar-refractivity contribution in [2.75, 3.05) is 26.2 Å². The number of rotatable bonds is 6. The molecule has 126 valence electrons. The van der Waals surface area contributed by atoms with Crippen molar-refractivity contribution < 1.29 is 4.79 Å². The second-order valence-electron chi connectivity index (χ2n) is 5.65. The van der Waals surface area contributed by atoms with Crippen LogP contribution >= 0.6 is 0 Å². The molecule has 1 amide bonds. The average Bonchev–Trinajstić information content (AvgIpc) is 3.04. The summed E-state index contributed by atoms with van der Waals surface area (Å²) < 4.78 is 0. The van der Waals surface area contributed by atoms with Gasteiger partial charge in [0.25, 0.3) is 0 Å². The summed E-state index contributed by atoms with van der Waals surface area (Å²) in [7, 11) is 0. The summed E-state index contributed by atoms with van der Waals surface area (Å²) in [6.45, 7) is 7.06. The van der Waals surface area contributed by atoms with Crippen molar-refractivity contribution in [1.29, 1.82) is 0 Å². The van der Waals surface area contributed by atoms with Crippen molar-refractivity contribution in [3.63, 3.8) is 0 Å². The van der Waals surface area contributed by atoms with Crippen molar-refractivity contribution in [2.45, 2.75) is 39.2 Å². The monoisotopic (exact) mass is 317 g/mol. The maximum atomic E-state index is 11.7. The van der Waals surface area contributed by atoms with Gasteiger partial charge in [-0.05, 0) is 25.5 Å². The standard InChI is InChI=1S/C17H27N5O/c1-3-16(23)22-12-9-15(13-22)21-17(18-4-2)20-11-8-14-7-5-6-10-19-14/h5-7,10,15H,3-4,8-9,11-13H2,1-2H3,(H2,18,20,21). The largest absolute Gasteiger partial charge is 0.357 e. The van der Waals surface area contributed by atoms with Gasteiger partial charge in [-0.3, -0.25) is 14.8 Å². The number of pyridine rings is 1. The molecular formula is C17H27N5O. The fraction of sp³-hybridized carbons (Fsp3) is 0.588. The molecule has 1 saturated heterocycles. The van der Waals surface area contributed by atoms with Gasteiger partial charge in [0.2, 0.25) is 5.91 Å². The molecule has 2 heterocycles. The predicted molar refractivity (Wildman–Crippen MR) is 92.3 cm³/mol. The Morgan fingerprint density at radius 3 is 3.00 bits per heavy atom. The highest BCUT2D eigenvalue weighted by Gasteiger charge is 2.25. The van der Waals surface area contributed by atoms with Gasteiger partial charge < -0.3 is 15.5 Å². The zero-order valence-electron chi connectivity index (χ0n) is 14.1. The quantitative estimate of drug-likeness (QED) is 0.611. The fourth-order valence-electron chi connectivity index (χ4n) is 2.67. The van der Waals surface area contributed by atoms with Crippen molar-refractivity contribution >= 4 is 11.9 Å². The van der Waals surface area contributed by atoms with E-state index in [0.717, 1.165) is 44.1 Å². The Hall–Kier alpha value is -2.11. The Morgan fingerprint density at radius 1 is 1.43 bits per heavy atom. The first-order valence-electron chi connectivity index (χ1n) is 8.45. The minimum Gasteiger partial charge on any atom is -0.357 e. The average molecular weight is 317 g/mol. The number of aromatic nitrogens is 1. The molecule has 1 unspecified atom stereocenters. The van der Waals surface area contributed by atoms with Gasteiger partial charge >= 0.3 is 0 Å². The van der Waals surface area contributed by atoms with E-state index < -0.39 is 0 Å². The molecule has 0 radical (unpaired) electrons. The molecule has 1 fully saturated rings. The summed E-state index contributed by atoms with van der Waals surface area (Å²) in [4.78, 5) is 22.6. The Kier molecular flexibility index (Phi) is 6.84. The Labute approximate surface area is 138 Å². The number of likely N-dealkylation sites (tertiary alicyclic amines) is 1. The minimum atomic E-state index is 0.228. The lowest BCUT2D eigenvalue weighted by molar-refractivity contribution is -0.129. The molecule has 1 atom stereocenters. The molecule has 2 rings (SSSR count). The van der Waals surface area contributed by atoms with Gasteiger partial charge in [-0.25, -0.2) is 0 Å². The summed E-state index contributed by atoms with van der Waals surface area (Å²) in [6, 6.07) is 6.20. The highest BCUT2D eigenvalue weighted by Crippen LogP contribution is 2.10. The van der Waals surface area contributed by atoms with Gasteiger partial charge in [0.05, 0.1) is 0 Å². The maximum Gasteiger partial charge on any atom is 0.222 e. The molecule has 0 saturated carbocycles. The summed E-state index contributed by atoms with van der Waals surface area (Å²) in [5.41, 5.74) is 1.05. The molecular weight excluding hydrogens is 290 g/mol. The van der Waals surface area contributed by atoms with Crippen LogP contribution in [-0.2, 0) is 11.2 Å². The summed E-state index contributed by atoms with van der Waals surface area (Å²) in [5.74, 6) is 1.05. The van der Waals surface area contributed by atoms with Gasteiger partial charge in [-0.1, -0.05) is 13.0 Å². The number of guanidine groups is 1. The lowest BCUT2D eigenvalue weighted by Gasteiger charge is -2.18. The Balaban J connectivity index is 1.83. The van der Waals surface area contributed by atoms with Gasteiger partial charge in [-0.15, -0.1) is 0 Å². The van der Waals surface area contributed by atoms with Gasteiger partial charge in [0.1, 0.15) is 0 Å². The third-order valence-corrected chi connectivity index (χ3v) is 3.89. The number of aliphatic imine (C=N–C) groups is 1. The molecule has 0 bridgehead atoms. The van der Waals surface area contributed by atoms with Crippen LogP contribution in [0.1, 0.15) is 32.4 Å². The number of hydrogen-bond acceptors (Lipinski definition) is 3. The van der Waals surface area contributed by atoms with Crippen LogP contribution in [0.15, 0.2) is 29.4 Å². The molecule has 2 N–H and O–H groups in total. The van der Waals surface area contributed by atoms with Crippen LogP contribution in [-0.4, -0.2) is 54.0 Å². The lowest BCUT2D eigenvalue weighted by atomic mass is 10.2. The smallest absolute Gasteiger partial charge is 0.222 e. The summed E-state index contributed by atoms with van der Waals surface area (Å²) >= 11 is 0. The van der Waals surface area contributed by atoms with Gasteiger partial charge in [0.15, 0.2) is 5.96 Å². The van der Waals surface area contributed by atoms with E-state index in [-0.39, 0.29) is 11.9 Å². The Morgan fingerprint density at radius 2 is 2.30 bits per heavy atom. The van der Waals surface area contributed by atoms with Crippen molar-refractivity contribution in [2.24, 2.45) is 4.99 Å². The van der Waals surface area contributed by atoms with Crippen LogP contribution in [0.5, 0.6) is 0 Å². The van der Waals surface area contributed by atoms with Crippen LogP contribution in [0.25, 0.3) is 0 Å². The predicted octanol–water partition coefficient (Wildman–Crippen LogP) is 1.19. The van der Waals surface area contributed by atoms with Crippen LogP contribution in [0.2, 0.25) is 0 Å². The first kappa shape index (κ1) is 17.2. The molecule has 23 heavy (non-hydrogen) atoms. The summed E-state index contributed by atoms with van der Waals surface area (Å²) in [6.07, 6.45) is 4.17.